The van der Waals surface area contributed by atoms with Gasteiger partial charge in [0.25, 0.3) is 0 Å². The van der Waals surface area contributed by atoms with E-state index in [2.05, 4.69) is 20.6 Å². The lowest BCUT2D eigenvalue weighted by Crippen LogP contribution is -2.14. The van der Waals surface area contributed by atoms with Gasteiger partial charge in [-0.2, -0.15) is 5.10 Å². The Balaban J connectivity index is 1.36. The van der Waals surface area contributed by atoms with Crippen LogP contribution < -0.4 is 5.32 Å². The molecular weight excluding hydrogens is 439 g/mol. The zero-order valence-corrected chi connectivity index (χ0v) is 17.4. The number of nitrogens with zero attached hydrogens (tertiary/aromatic N) is 5. The topological polar surface area (TPSA) is 76.6 Å². The quantitative estimate of drug-likeness (QED) is 0.395. The van der Waals surface area contributed by atoms with Crippen LogP contribution in [0.4, 0.5) is 10.1 Å². The molecule has 3 heterocycles. The van der Waals surface area contributed by atoms with Crippen LogP contribution in [0, 0.1) is 5.82 Å². The summed E-state index contributed by atoms with van der Waals surface area (Å²) in [5, 5.41) is 17.0. The number of halogens is 2. The highest BCUT2D eigenvalue weighted by Crippen LogP contribution is 2.24. The maximum Gasteiger partial charge on any atom is 0.234 e. The van der Waals surface area contributed by atoms with Crippen LogP contribution in [0.2, 0.25) is 5.02 Å². The van der Waals surface area contributed by atoms with Gasteiger partial charge in [-0.1, -0.05) is 23.4 Å². The fourth-order valence-electron chi connectivity index (χ4n) is 3.11. The second-order valence-electron chi connectivity index (χ2n) is 6.68. The van der Waals surface area contributed by atoms with Crippen molar-refractivity contribution in [2.75, 3.05) is 11.1 Å². The zero-order valence-electron chi connectivity index (χ0n) is 15.9. The van der Waals surface area contributed by atoms with E-state index < -0.39 is 0 Å². The smallest absolute Gasteiger partial charge is 0.234 e. The summed E-state index contributed by atoms with van der Waals surface area (Å²) in [6, 6.07) is 14.9. The summed E-state index contributed by atoms with van der Waals surface area (Å²) < 4.78 is 16.7. The number of carbonyl (C=O) groups excluding carboxylic acids is 1. The number of hydrogen-bond donors (Lipinski definition) is 1. The van der Waals surface area contributed by atoms with Gasteiger partial charge in [0.2, 0.25) is 5.91 Å². The molecule has 0 unspecified atom stereocenters. The molecule has 10 heteroatoms. The first kappa shape index (κ1) is 19.5. The summed E-state index contributed by atoms with van der Waals surface area (Å²) in [7, 11) is 0. The van der Waals surface area contributed by atoms with Crippen molar-refractivity contribution in [2.45, 2.75) is 5.16 Å². The van der Waals surface area contributed by atoms with Crippen molar-refractivity contribution in [2.24, 2.45) is 0 Å². The maximum absolute atomic E-state index is 13.2. The molecule has 5 aromatic rings. The molecule has 1 amide bonds. The first-order valence-electron chi connectivity index (χ1n) is 9.24. The van der Waals surface area contributed by atoms with Crippen LogP contribution in [0.15, 0.2) is 72.1 Å². The van der Waals surface area contributed by atoms with E-state index in [1.807, 2.05) is 10.5 Å². The summed E-state index contributed by atoms with van der Waals surface area (Å²) >= 11 is 7.14. The SMILES string of the molecule is O=C(CSc1nnc2c3cc(-c4ccc(F)cc4)nn3ccn12)Nc1ccc(Cl)cc1. The molecule has 0 aliphatic heterocycles. The highest BCUT2D eigenvalue weighted by atomic mass is 35.5. The monoisotopic (exact) mass is 452 g/mol. The Bertz CT molecular complexity index is 1400. The molecule has 31 heavy (non-hydrogen) atoms. The Hall–Kier alpha value is -3.43. The Morgan fingerprint density at radius 2 is 1.84 bits per heavy atom. The molecule has 0 saturated heterocycles. The van der Waals surface area contributed by atoms with E-state index in [0.717, 1.165) is 11.1 Å². The maximum atomic E-state index is 13.2. The number of amides is 1. The summed E-state index contributed by atoms with van der Waals surface area (Å²) in [4.78, 5) is 12.3. The van der Waals surface area contributed by atoms with E-state index in [0.29, 0.717) is 27.2 Å². The van der Waals surface area contributed by atoms with Crippen LogP contribution in [-0.2, 0) is 4.79 Å². The van der Waals surface area contributed by atoms with Crippen LogP contribution >= 0.6 is 23.4 Å². The van der Waals surface area contributed by atoms with Gasteiger partial charge < -0.3 is 5.32 Å². The van der Waals surface area contributed by atoms with Crippen molar-refractivity contribution >= 4 is 46.1 Å². The molecule has 0 saturated carbocycles. The average molecular weight is 453 g/mol. The number of rotatable bonds is 5. The highest BCUT2D eigenvalue weighted by Gasteiger charge is 2.14. The normalized spacial score (nSPS) is 11.3. The van der Waals surface area contributed by atoms with E-state index >= 15 is 0 Å². The van der Waals surface area contributed by atoms with Gasteiger partial charge >= 0.3 is 0 Å². The van der Waals surface area contributed by atoms with Crippen LogP contribution in [-0.4, -0.2) is 35.9 Å². The molecule has 0 aliphatic rings. The van der Waals surface area contributed by atoms with E-state index in [-0.39, 0.29) is 17.5 Å². The third kappa shape index (κ3) is 3.97. The molecule has 0 aliphatic carbocycles. The van der Waals surface area contributed by atoms with Crippen molar-refractivity contribution in [1.29, 1.82) is 0 Å². The van der Waals surface area contributed by atoms with Gasteiger partial charge in [-0.25, -0.2) is 8.91 Å². The van der Waals surface area contributed by atoms with Crippen molar-refractivity contribution in [1.82, 2.24) is 24.2 Å². The Morgan fingerprint density at radius 1 is 1.06 bits per heavy atom. The molecule has 0 atom stereocenters. The third-order valence-electron chi connectivity index (χ3n) is 4.59. The highest BCUT2D eigenvalue weighted by molar-refractivity contribution is 7.99. The van der Waals surface area contributed by atoms with Gasteiger partial charge in [-0.15, -0.1) is 10.2 Å². The molecule has 0 spiro atoms. The fraction of sp³-hybridized carbons (Fsp3) is 0.0476. The number of thioether (sulfide) groups is 1. The van der Waals surface area contributed by atoms with Crippen molar-refractivity contribution in [3.05, 3.63) is 77.8 Å². The number of benzene rings is 2. The largest absolute Gasteiger partial charge is 0.325 e. The summed E-state index contributed by atoms with van der Waals surface area (Å²) in [5.41, 5.74) is 3.55. The number of anilines is 1. The standard InChI is InChI=1S/C21H14ClFN6OS/c22-14-3-7-16(8-4-14)24-19(30)12-31-21-26-25-20-18-11-17(13-1-5-15(23)6-2-13)27-29(18)10-9-28(20)21/h1-11H,12H2,(H,24,30). The molecule has 1 N–H and O–H groups in total. The van der Waals surface area contributed by atoms with Gasteiger partial charge in [-0.3, -0.25) is 9.20 Å². The average Bonchev–Trinajstić information content (AvgIpc) is 3.38. The summed E-state index contributed by atoms with van der Waals surface area (Å²) in [6.45, 7) is 0. The minimum absolute atomic E-state index is 0.159. The Labute approximate surface area is 184 Å². The van der Waals surface area contributed by atoms with Gasteiger partial charge in [0, 0.05) is 28.7 Å². The molecule has 0 fully saturated rings. The number of nitrogens with one attached hydrogen (secondary N) is 1. The van der Waals surface area contributed by atoms with E-state index in [1.54, 1.807) is 53.3 Å². The molecule has 3 aromatic heterocycles. The number of hydrogen-bond acceptors (Lipinski definition) is 5. The van der Waals surface area contributed by atoms with Gasteiger partial charge in [-0.05, 0) is 54.6 Å². The fourth-order valence-corrected chi connectivity index (χ4v) is 3.95. The molecule has 0 radical (unpaired) electrons. The predicted octanol–water partition coefficient (Wildman–Crippen LogP) is 4.57. The van der Waals surface area contributed by atoms with E-state index in [4.69, 9.17) is 11.6 Å². The summed E-state index contributed by atoms with van der Waals surface area (Å²) in [6.07, 6.45) is 3.58. The minimum Gasteiger partial charge on any atom is -0.325 e. The van der Waals surface area contributed by atoms with E-state index in [9.17, 15) is 9.18 Å². The Morgan fingerprint density at radius 3 is 2.61 bits per heavy atom. The molecule has 5 rings (SSSR count). The first-order valence-corrected chi connectivity index (χ1v) is 10.6. The van der Waals surface area contributed by atoms with Crippen LogP contribution in [0.5, 0.6) is 0 Å². The second-order valence-corrected chi connectivity index (χ2v) is 8.06. The summed E-state index contributed by atoms with van der Waals surface area (Å²) in [5.74, 6) is -0.281. The first-order chi connectivity index (χ1) is 15.1. The van der Waals surface area contributed by atoms with Gasteiger partial charge in [0.15, 0.2) is 10.8 Å². The molecular formula is C21H14ClFN6OS. The van der Waals surface area contributed by atoms with Crippen molar-refractivity contribution in [3.63, 3.8) is 0 Å². The lowest BCUT2D eigenvalue weighted by atomic mass is 10.1. The predicted molar refractivity (Wildman–Crippen MR) is 118 cm³/mol. The molecule has 2 aromatic carbocycles. The number of aromatic nitrogens is 5. The van der Waals surface area contributed by atoms with Crippen molar-refractivity contribution < 1.29 is 9.18 Å². The van der Waals surface area contributed by atoms with Crippen LogP contribution in [0.3, 0.4) is 0 Å². The number of fused-ring (bicyclic) bond motifs is 3. The van der Waals surface area contributed by atoms with Crippen LogP contribution in [0.25, 0.3) is 22.4 Å². The lowest BCUT2D eigenvalue weighted by molar-refractivity contribution is -0.113. The van der Waals surface area contributed by atoms with Gasteiger partial charge in [0.05, 0.1) is 11.4 Å². The number of carbonyl (C=O) groups is 1. The zero-order chi connectivity index (χ0) is 21.4. The Kier molecular flexibility index (Phi) is 5.05. The minimum atomic E-state index is -0.297. The third-order valence-corrected chi connectivity index (χ3v) is 5.78. The van der Waals surface area contributed by atoms with E-state index in [1.165, 1.54) is 23.9 Å². The van der Waals surface area contributed by atoms with Crippen LogP contribution in [0.1, 0.15) is 0 Å². The second kappa shape index (κ2) is 8.01. The molecule has 7 nitrogen and oxygen atoms in total. The molecule has 154 valence electrons. The van der Waals surface area contributed by atoms with Gasteiger partial charge in [0.1, 0.15) is 11.3 Å². The lowest BCUT2D eigenvalue weighted by Gasteiger charge is -2.04. The molecule has 0 bridgehead atoms. The van der Waals surface area contributed by atoms with Crippen molar-refractivity contribution in [3.8, 4) is 11.3 Å².